The normalized spacial score (nSPS) is 10.3. The zero-order valence-electron chi connectivity index (χ0n) is 9.78. The van der Waals surface area contributed by atoms with E-state index in [0.29, 0.717) is 0 Å². The molecule has 0 aliphatic heterocycles. The van der Waals surface area contributed by atoms with Gasteiger partial charge in [-0.05, 0) is 12.1 Å². The Kier molecular flexibility index (Phi) is 4.93. The summed E-state index contributed by atoms with van der Waals surface area (Å²) >= 11 is 0. The molecule has 0 amide bonds. The zero-order valence-corrected chi connectivity index (χ0v) is 9.78. The Bertz CT molecular complexity index is 571. The molecule has 1 aromatic carbocycles. The third-order valence-corrected chi connectivity index (χ3v) is 1.97. The second-order valence-corrected chi connectivity index (χ2v) is 3.42. The van der Waals surface area contributed by atoms with Gasteiger partial charge in [0.25, 0.3) is 0 Å². The number of allylic oxidation sites excluding steroid dienone is 1. The van der Waals surface area contributed by atoms with Gasteiger partial charge in [0.2, 0.25) is 0 Å². The van der Waals surface area contributed by atoms with Crippen LogP contribution in [0.2, 0.25) is 0 Å². The van der Waals surface area contributed by atoms with E-state index in [-0.39, 0.29) is 11.3 Å². The first-order valence-corrected chi connectivity index (χ1v) is 5.11. The van der Waals surface area contributed by atoms with Crippen LogP contribution in [0, 0.1) is 22.7 Å². The minimum atomic E-state index is -4.60. The number of nitriles is 2. The van der Waals surface area contributed by atoms with Crippen molar-refractivity contribution in [3.05, 3.63) is 36.0 Å². The van der Waals surface area contributed by atoms with Crippen molar-refractivity contribution in [3.8, 4) is 17.9 Å². The van der Waals surface area contributed by atoms with Gasteiger partial charge in [0, 0.05) is 18.0 Å². The van der Waals surface area contributed by atoms with Crippen molar-refractivity contribution in [2.45, 2.75) is 12.5 Å². The van der Waals surface area contributed by atoms with Crippen molar-refractivity contribution >= 4 is 5.69 Å². The smallest absolute Gasteiger partial charge is 0.428 e. The molecule has 104 valence electrons. The van der Waals surface area contributed by atoms with Crippen molar-refractivity contribution in [1.29, 1.82) is 10.5 Å². The highest BCUT2D eigenvalue weighted by Gasteiger charge is 2.43. The van der Waals surface area contributed by atoms with Crippen LogP contribution in [0.15, 0.2) is 36.0 Å². The Morgan fingerprint density at radius 1 is 1.30 bits per heavy atom. The molecule has 1 aromatic rings. The molecule has 4 nitrogen and oxygen atoms in total. The predicted octanol–water partition coefficient (Wildman–Crippen LogP) is 3.27. The number of benzene rings is 1. The van der Waals surface area contributed by atoms with E-state index in [9.17, 15) is 17.6 Å². The Morgan fingerprint density at radius 2 is 1.95 bits per heavy atom. The van der Waals surface area contributed by atoms with Crippen LogP contribution in [-0.2, 0) is 0 Å². The quantitative estimate of drug-likeness (QED) is 0.666. The van der Waals surface area contributed by atoms with Gasteiger partial charge < -0.3 is 10.1 Å². The van der Waals surface area contributed by atoms with E-state index in [4.69, 9.17) is 10.5 Å². The summed E-state index contributed by atoms with van der Waals surface area (Å²) in [6.07, 6.45) is -7.51. The lowest BCUT2D eigenvalue weighted by molar-refractivity contribution is -0.253. The van der Waals surface area contributed by atoms with Gasteiger partial charge in [-0.15, -0.1) is 0 Å². The van der Waals surface area contributed by atoms with Crippen LogP contribution in [0.3, 0.4) is 0 Å². The van der Waals surface area contributed by atoms with Gasteiger partial charge in [0.15, 0.2) is 0 Å². The summed E-state index contributed by atoms with van der Waals surface area (Å²) < 4.78 is 53.2. The van der Waals surface area contributed by atoms with Gasteiger partial charge in [-0.1, -0.05) is 6.07 Å². The number of hydrogen-bond donors (Lipinski definition) is 1. The number of ether oxygens (including phenoxy) is 1. The third-order valence-electron chi connectivity index (χ3n) is 1.97. The predicted molar refractivity (Wildman–Crippen MR) is 61.0 cm³/mol. The lowest BCUT2D eigenvalue weighted by Crippen LogP contribution is -2.33. The first-order valence-electron chi connectivity index (χ1n) is 5.11. The molecule has 1 rings (SSSR count). The van der Waals surface area contributed by atoms with E-state index in [2.05, 4.69) is 10.1 Å². The molecule has 0 fully saturated rings. The van der Waals surface area contributed by atoms with E-state index in [0.717, 1.165) is 18.3 Å². The number of halogens is 4. The number of hydrogen-bond acceptors (Lipinski definition) is 4. The molecule has 1 N–H and O–H groups in total. The lowest BCUT2D eigenvalue weighted by atomic mass is 10.3. The van der Waals surface area contributed by atoms with Crippen molar-refractivity contribution in [1.82, 2.24) is 0 Å². The molecular formula is C12H7F4N3O. The summed E-state index contributed by atoms with van der Waals surface area (Å²) in [6.45, 7) is 0. The number of alkyl halides is 4. The van der Waals surface area contributed by atoms with Gasteiger partial charge in [-0.3, -0.25) is 0 Å². The van der Waals surface area contributed by atoms with Crippen molar-refractivity contribution in [3.63, 3.8) is 0 Å². The molecule has 0 atom stereocenters. The van der Waals surface area contributed by atoms with Gasteiger partial charge in [0.1, 0.15) is 23.5 Å². The third kappa shape index (κ3) is 4.18. The van der Waals surface area contributed by atoms with E-state index >= 15 is 0 Å². The van der Waals surface area contributed by atoms with Crippen LogP contribution >= 0.6 is 0 Å². The average Bonchev–Trinajstić information content (AvgIpc) is 2.39. The zero-order chi connectivity index (χ0) is 15.2. The van der Waals surface area contributed by atoms with Crippen LogP contribution in [0.5, 0.6) is 5.75 Å². The second kappa shape index (κ2) is 6.43. The topological polar surface area (TPSA) is 68.8 Å². The fraction of sp³-hybridized carbons (Fsp3) is 0.167. The van der Waals surface area contributed by atoms with Gasteiger partial charge in [-0.2, -0.15) is 28.1 Å². The Morgan fingerprint density at radius 3 is 2.50 bits per heavy atom. The lowest BCUT2D eigenvalue weighted by Gasteiger charge is -2.17. The highest BCUT2D eigenvalue weighted by atomic mass is 19.3. The summed E-state index contributed by atoms with van der Waals surface area (Å²) in [7, 11) is 0. The van der Waals surface area contributed by atoms with Crippen LogP contribution < -0.4 is 10.1 Å². The Hall–Kier alpha value is -2.74. The Labute approximate surface area is 111 Å². The van der Waals surface area contributed by atoms with Crippen LogP contribution in [0.4, 0.5) is 23.2 Å². The van der Waals surface area contributed by atoms with Crippen LogP contribution in [0.1, 0.15) is 0 Å². The average molecular weight is 285 g/mol. The highest BCUT2D eigenvalue weighted by Crippen LogP contribution is 2.28. The minimum absolute atomic E-state index is 0.190. The maximum atomic E-state index is 12.7. The summed E-state index contributed by atoms with van der Waals surface area (Å²) in [5.41, 5.74) is -0.0511. The Balaban J connectivity index is 2.85. The SMILES string of the molecule is N#CC(C#N)=CNc1cccc(OC(F)(F)C(F)F)c1. The summed E-state index contributed by atoms with van der Waals surface area (Å²) in [6, 6.07) is 7.95. The minimum Gasteiger partial charge on any atom is -0.428 e. The standard InChI is InChI=1S/C12H7F4N3O/c13-11(14)12(15,16)20-10-3-1-2-9(4-10)19-7-8(5-17)6-18/h1-4,7,11,19H. The van der Waals surface area contributed by atoms with Crippen molar-refractivity contribution in [2.24, 2.45) is 0 Å². The van der Waals surface area contributed by atoms with Gasteiger partial charge >= 0.3 is 12.5 Å². The first-order chi connectivity index (χ1) is 9.39. The van der Waals surface area contributed by atoms with Crippen molar-refractivity contribution in [2.75, 3.05) is 5.32 Å². The molecule has 0 aliphatic rings. The number of anilines is 1. The van der Waals surface area contributed by atoms with E-state index in [1.54, 1.807) is 12.1 Å². The summed E-state index contributed by atoms with van der Waals surface area (Å²) in [5.74, 6) is -0.482. The maximum Gasteiger partial charge on any atom is 0.461 e. The fourth-order valence-corrected chi connectivity index (χ4v) is 1.10. The molecule has 0 radical (unpaired) electrons. The van der Waals surface area contributed by atoms with E-state index < -0.39 is 18.3 Å². The molecule has 0 aliphatic carbocycles. The molecule has 0 heterocycles. The molecule has 0 saturated carbocycles. The van der Waals surface area contributed by atoms with Crippen LogP contribution in [0.25, 0.3) is 0 Å². The van der Waals surface area contributed by atoms with Crippen LogP contribution in [-0.4, -0.2) is 12.5 Å². The molecule has 0 saturated heterocycles. The highest BCUT2D eigenvalue weighted by molar-refractivity contribution is 5.52. The molecule has 8 heteroatoms. The number of rotatable bonds is 5. The van der Waals surface area contributed by atoms with Gasteiger partial charge in [-0.25, -0.2) is 0 Å². The maximum absolute atomic E-state index is 12.7. The first kappa shape index (κ1) is 15.3. The van der Waals surface area contributed by atoms with E-state index in [1.165, 1.54) is 12.1 Å². The summed E-state index contributed by atoms with van der Waals surface area (Å²) in [5, 5.41) is 19.5. The van der Waals surface area contributed by atoms with Crippen molar-refractivity contribution < 1.29 is 22.3 Å². The molecule has 0 aromatic heterocycles. The second-order valence-electron chi connectivity index (χ2n) is 3.42. The molecule has 0 unspecified atom stereocenters. The summed E-state index contributed by atoms with van der Waals surface area (Å²) in [4.78, 5) is 0. The molecule has 0 spiro atoms. The number of nitrogens with one attached hydrogen (secondary N) is 1. The largest absolute Gasteiger partial charge is 0.461 e. The van der Waals surface area contributed by atoms with Gasteiger partial charge in [0.05, 0.1) is 0 Å². The fourth-order valence-electron chi connectivity index (χ4n) is 1.10. The van der Waals surface area contributed by atoms with E-state index in [1.807, 2.05) is 0 Å². The monoisotopic (exact) mass is 285 g/mol. The number of nitrogens with zero attached hydrogens (tertiary/aromatic N) is 2. The molecule has 20 heavy (non-hydrogen) atoms. The molecule has 0 bridgehead atoms. The molecular weight excluding hydrogens is 278 g/mol.